The summed E-state index contributed by atoms with van der Waals surface area (Å²) in [4.78, 5) is 34.9. The Morgan fingerprint density at radius 2 is 1.72 bits per heavy atom. The summed E-state index contributed by atoms with van der Waals surface area (Å²) in [7, 11) is 1.45. The van der Waals surface area contributed by atoms with Crippen molar-refractivity contribution in [3.05, 3.63) is 93.5 Å². The molecule has 0 spiro atoms. The van der Waals surface area contributed by atoms with Crippen molar-refractivity contribution in [2.45, 2.75) is 0 Å². The van der Waals surface area contributed by atoms with Crippen LogP contribution >= 0.6 is 0 Å². The smallest absolute Gasteiger partial charge is 0.271 e. The van der Waals surface area contributed by atoms with Crippen molar-refractivity contribution in [2.24, 2.45) is 0 Å². The molecule has 0 saturated carbocycles. The molecule has 3 N–H and O–H groups in total. The van der Waals surface area contributed by atoms with E-state index in [1.54, 1.807) is 18.2 Å². The van der Waals surface area contributed by atoms with E-state index in [4.69, 9.17) is 4.74 Å². The van der Waals surface area contributed by atoms with Gasteiger partial charge in [0.2, 0.25) is 0 Å². The summed E-state index contributed by atoms with van der Waals surface area (Å²) in [6.07, 6.45) is 2.82. The number of hydrogen-bond donors (Lipinski definition) is 3. The molecular formula is C23H18N2O7. The number of methoxy groups -OCH3 is 1. The van der Waals surface area contributed by atoms with Crippen LogP contribution in [0.3, 0.4) is 0 Å². The highest BCUT2D eigenvalue weighted by atomic mass is 16.6. The fourth-order valence-corrected chi connectivity index (χ4v) is 2.79. The second-order valence-electron chi connectivity index (χ2n) is 6.62. The highest BCUT2D eigenvalue weighted by Crippen LogP contribution is 2.28. The number of carbonyl (C=O) groups is 2. The molecule has 0 fully saturated rings. The maximum Gasteiger partial charge on any atom is 0.271 e. The fraction of sp³-hybridized carbons (Fsp3) is 0.0435. The molecule has 0 saturated heterocycles. The molecule has 3 aromatic rings. The Balaban J connectivity index is 1.70. The molecule has 0 aliphatic carbocycles. The Hall–Kier alpha value is -4.66. The Morgan fingerprint density at radius 3 is 2.34 bits per heavy atom. The molecule has 0 aliphatic heterocycles. The topological polar surface area (TPSA) is 139 Å². The number of nitrogens with zero attached hydrogens (tertiary/aromatic N) is 1. The first kappa shape index (κ1) is 22.0. The van der Waals surface area contributed by atoms with Gasteiger partial charge in [0.05, 0.1) is 23.3 Å². The number of anilines is 1. The summed E-state index contributed by atoms with van der Waals surface area (Å²) in [5.74, 6) is -1.06. The molecule has 0 heterocycles. The Morgan fingerprint density at radius 1 is 1.00 bits per heavy atom. The number of nitro benzene ring substituents is 1. The van der Waals surface area contributed by atoms with Crippen molar-refractivity contribution in [1.82, 2.24) is 0 Å². The van der Waals surface area contributed by atoms with Crippen LogP contribution in [0, 0.1) is 10.1 Å². The molecule has 0 bridgehead atoms. The molecule has 9 nitrogen and oxygen atoms in total. The summed E-state index contributed by atoms with van der Waals surface area (Å²) in [5, 5.41) is 33.1. The number of ketones is 1. The minimum absolute atomic E-state index is 0.0851. The normalized spacial score (nSPS) is 10.7. The van der Waals surface area contributed by atoms with Crippen LogP contribution in [0.1, 0.15) is 26.3 Å². The predicted octanol–water partition coefficient (Wildman–Crippen LogP) is 4.16. The summed E-state index contributed by atoms with van der Waals surface area (Å²) in [5.41, 5.74) is 0.632. The number of nitrogens with one attached hydrogen (secondary N) is 1. The lowest BCUT2D eigenvalue weighted by atomic mass is 10.1. The van der Waals surface area contributed by atoms with Gasteiger partial charge in [-0.1, -0.05) is 18.2 Å². The van der Waals surface area contributed by atoms with Gasteiger partial charge in [-0.15, -0.1) is 0 Å². The lowest BCUT2D eigenvalue weighted by Gasteiger charge is -2.07. The van der Waals surface area contributed by atoms with Crippen molar-refractivity contribution >= 4 is 29.1 Å². The number of rotatable bonds is 7. The third-order valence-corrected chi connectivity index (χ3v) is 4.51. The van der Waals surface area contributed by atoms with Gasteiger partial charge < -0.3 is 20.3 Å². The van der Waals surface area contributed by atoms with Crippen molar-refractivity contribution in [1.29, 1.82) is 0 Å². The molecular weight excluding hydrogens is 416 g/mol. The number of phenolic OH excluding ortho intramolecular Hbond substituents is 2. The quantitative estimate of drug-likeness (QED) is 0.167. The molecule has 9 heteroatoms. The van der Waals surface area contributed by atoms with Crippen LogP contribution in [0.15, 0.2) is 66.7 Å². The van der Waals surface area contributed by atoms with Gasteiger partial charge >= 0.3 is 0 Å². The number of ether oxygens (including phenoxy) is 1. The third kappa shape index (κ3) is 5.08. The maximum absolute atomic E-state index is 12.4. The lowest BCUT2D eigenvalue weighted by Crippen LogP contribution is -2.12. The van der Waals surface area contributed by atoms with E-state index in [1.165, 1.54) is 43.5 Å². The van der Waals surface area contributed by atoms with Gasteiger partial charge in [-0.3, -0.25) is 19.7 Å². The first-order chi connectivity index (χ1) is 15.3. The zero-order chi connectivity index (χ0) is 23.3. The van der Waals surface area contributed by atoms with Crippen LogP contribution < -0.4 is 10.1 Å². The standard InChI is InChI=1S/C23H18N2O7/c1-32-17-8-9-18(22(28)13-17)20(26)10-4-14-2-5-15(6-3-14)23(29)24-19-12-16(25(30)31)7-11-21(19)27/h2-13,27-28H,1H3,(H,24,29)/b10-4+. The van der Waals surface area contributed by atoms with E-state index in [9.17, 15) is 29.9 Å². The van der Waals surface area contributed by atoms with E-state index in [-0.39, 0.29) is 34.0 Å². The number of aromatic hydroxyl groups is 2. The number of benzene rings is 3. The summed E-state index contributed by atoms with van der Waals surface area (Å²) in [6, 6.07) is 13.9. The maximum atomic E-state index is 12.4. The number of phenols is 2. The summed E-state index contributed by atoms with van der Waals surface area (Å²) >= 11 is 0. The molecule has 0 aromatic heterocycles. The minimum Gasteiger partial charge on any atom is -0.507 e. The molecule has 0 unspecified atom stereocenters. The lowest BCUT2D eigenvalue weighted by molar-refractivity contribution is -0.384. The third-order valence-electron chi connectivity index (χ3n) is 4.51. The van der Waals surface area contributed by atoms with Gasteiger partial charge in [0.15, 0.2) is 5.78 Å². The number of non-ortho nitro benzene ring substituents is 1. The predicted molar refractivity (Wildman–Crippen MR) is 117 cm³/mol. The van der Waals surface area contributed by atoms with Crippen LogP contribution in [-0.2, 0) is 0 Å². The first-order valence-corrected chi connectivity index (χ1v) is 9.26. The van der Waals surface area contributed by atoms with Crippen molar-refractivity contribution in [2.75, 3.05) is 12.4 Å². The van der Waals surface area contributed by atoms with E-state index in [0.29, 0.717) is 11.3 Å². The van der Waals surface area contributed by atoms with Crippen LogP contribution in [-0.4, -0.2) is 33.9 Å². The summed E-state index contributed by atoms with van der Waals surface area (Å²) in [6.45, 7) is 0. The molecule has 3 aromatic carbocycles. The Bertz CT molecular complexity index is 1220. The molecule has 1 amide bonds. The van der Waals surface area contributed by atoms with E-state index in [1.807, 2.05) is 0 Å². The second kappa shape index (κ2) is 9.43. The van der Waals surface area contributed by atoms with E-state index < -0.39 is 16.6 Å². The molecule has 0 radical (unpaired) electrons. The number of amides is 1. The van der Waals surface area contributed by atoms with Gasteiger partial charge in [-0.25, -0.2) is 0 Å². The number of carbonyl (C=O) groups excluding carboxylic acids is 2. The monoisotopic (exact) mass is 434 g/mol. The molecule has 3 rings (SSSR count). The largest absolute Gasteiger partial charge is 0.507 e. The molecule has 32 heavy (non-hydrogen) atoms. The minimum atomic E-state index is -0.636. The number of hydrogen-bond acceptors (Lipinski definition) is 7. The van der Waals surface area contributed by atoms with Crippen LogP contribution in [0.25, 0.3) is 6.08 Å². The van der Waals surface area contributed by atoms with Crippen molar-refractivity contribution < 1.29 is 29.5 Å². The van der Waals surface area contributed by atoms with Gasteiger partial charge in [0.25, 0.3) is 11.6 Å². The van der Waals surface area contributed by atoms with Crippen LogP contribution in [0.2, 0.25) is 0 Å². The van der Waals surface area contributed by atoms with Crippen molar-refractivity contribution in [3.8, 4) is 17.2 Å². The fourth-order valence-electron chi connectivity index (χ4n) is 2.79. The average molecular weight is 434 g/mol. The molecule has 0 aliphatic rings. The SMILES string of the molecule is COc1ccc(C(=O)/C=C/c2ccc(C(=O)Nc3cc([N+](=O)[O-])ccc3O)cc2)c(O)c1. The molecule has 162 valence electrons. The van der Waals surface area contributed by atoms with Crippen LogP contribution in [0.4, 0.5) is 11.4 Å². The Kier molecular flexibility index (Phi) is 6.50. The zero-order valence-corrected chi connectivity index (χ0v) is 16.8. The van der Waals surface area contributed by atoms with E-state index in [2.05, 4.69) is 5.32 Å². The van der Waals surface area contributed by atoms with Gasteiger partial charge in [0, 0.05) is 23.8 Å². The Labute approximate surface area is 182 Å². The number of nitro groups is 1. The number of allylic oxidation sites excluding steroid dienone is 1. The first-order valence-electron chi connectivity index (χ1n) is 9.26. The van der Waals surface area contributed by atoms with E-state index >= 15 is 0 Å². The highest BCUT2D eigenvalue weighted by molar-refractivity contribution is 6.09. The second-order valence-corrected chi connectivity index (χ2v) is 6.62. The summed E-state index contributed by atoms with van der Waals surface area (Å²) < 4.78 is 4.98. The van der Waals surface area contributed by atoms with Crippen LogP contribution in [0.5, 0.6) is 17.2 Å². The molecule has 0 atom stereocenters. The van der Waals surface area contributed by atoms with Gasteiger partial charge in [0.1, 0.15) is 17.2 Å². The van der Waals surface area contributed by atoms with E-state index in [0.717, 1.165) is 18.2 Å². The van der Waals surface area contributed by atoms with Gasteiger partial charge in [-0.05, 0) is 42.0 Å². The van der Waals surface area contributed by atoms with Crippen molar-refractivity contribution in [3.63, 3.8) is 0 Å². The average Bonchev–Trinajstić information content (AvgIpc) is 2.78. The van der Waals surface area contributed by atoms with Gasteiger partial charge in [-0.2, -0.15) is 0 Å². The highest BCUT2D eigenvalue weighted by Gasteiger charge is 2.14. The zero-order valence-electron chi connectivity index (χ0n) is 16.8.